The van der Waals surface area contributed by atoms with E-state index < -0.39 is 0 Å². The van der Waals surface area contributed by atoms with Gasteiger partial charge in [-0.15, -0.1) is 0 Å². The Kier molecular flexibility index (Phi) is 4.65. The SMILES string of the molecule is Cc1ccc(C(C)NC(=O)N2CCCCc3ccccc32)cc1. The van der Waals surface area contributed by atoms with Crippen molar-refractivity contribution >= 4 is 11.7 Å². The summed E-state index contributed by atoms with van der Waals surface area (Å²) in [6, 6.07) is 16.6. The van der Waals surface area contributed by atoms with Crippen LogP contribution in [0.2, 0.25) is 0 Å². The highest BCUT2D eigenvalue weighted by Crippen LogP contribution is 2.26. The second-order valence-corrected chi connectivity index (χ2v) is 6.32. The summed E-state index contributed by atoms with van der Waals surface area (Å²) >= 11 is 0. The summed E-state index contributed by atoms with van der Waals surface area (Å²) in [5.41, 5.74) is 4.68. The normalized spacial score (nSPS) is 15.5. The van der Waals surface area contributed by atoms with Crippen LogP contribution >= 0.6 is 0 Å². The molecule has 0 saturated heterocycles. The molecular weight excluding hydrogens is 284 g/mol. The average Bonchev–Trinajstić information content (AvgIpc) is 2.77. The highest BCUT2D eigenvalue weighted by Gasteiger charge is 2.22. The topological polar surface area (TPSA) is 32.3 Å². The molecular formula is C20H24N2O. The lowest BCUT2D eigenvalue weighted by Gasteiger charge is -2.25. The van der Waals surface area contributed by atoms with E-state index in [1.807, 2.05) is 17.9 Å². The Balaban J connectivity index is 1.76. The molecule has 0 saturated carbocycles. The Morgan fingerprint density at radius 2 is 1.83 bits per heavy atom. The van der Waals surface area contributed by atoms with Gasteiger partial charge in [0.15, 0.2) is 0 Å². The lowest BCUT2D eigenvalue weighted by Crippen LogP contribution is -2.41. The van der Waals surface area contributed by atoms with Crippen LogP contribution < -0.4 is 10.2 Å². The Labute approximate surface area is 138 Å². The third-order valence-corrected chi connectivity index (χ3v) is 4.52. The van der Waals surface area contributed by atoms with E-state index in [1.165, 1.54) is 11.1 Å². The fraction of sp³-hybridized carbons (Fsp3) is 0.350. The van der Waals surface area contributed by atoms with Gasteiger partial charge in [-0.05, 0) is 50.3 Å². The zero-order chi connectivity index (χ0) is 16.2. The molecule has 3 heteroatoms. The van der Waals surface area contributed by atoms with Crippen molar-refractivity contribution in [1.82, 2.24) is 5.32 Å². The Hall–Kier alpha value is -2.29. The third-order valence-electron chi connectivity index (χ3n) is 4.52. The van der Waals surface area contributed by atoms with Crippen molar-refractivity contribution in [1.29, 1.82) is 0 Å². The Morgan fingerprint density at radius 3 is 2.61 bits per heavy atom. The molecule has 0 aromatic heterocycles. The Bertz CT molecular complexity index is 678. The molecule has 2 aromatic carbocycles. The number of hydrogen-bond donors (Lipinski definition) is 1. The smallest absolute Gasteiger partial charge is 0.322 e. The summed E-state index contributed by atoms with van der Waals surface area (Å²) in [5.74, 6) is 0. The number of para-hydroxylation sites is 1. The molecule has 0 spiro atoms. The number of urea groups is 1. The number of nitrogens with one attached hydrogen (secondary N) is 1. The van der Waals surface area contributed by atoms with Crippen molar-refractivity contribution in [2.75, 3.05) is 11.4 Å². The average molecular weight is 308 g/mol. The number of rotatable bonds is 2. The molecule has 1 N–H and O–H groups in total. The van der Waals surface area contributed by atoms with Gasteiger partial charge in [0.05, 0.1) is 6.04 Å². The predicted octanol–water partition coefficient (Wildman–Crippen LogP) is 4.61. The molecule has 1 aliphatic heterocycles. The Morgan fingerprint density at radius 1 is 1.09 bits per heavy atom. The van der Waals surface area contributed by atoms with Crippen LogP contribution in [0.15, 0.2) is 48.5 Å². The molecule has 0 fully saturated rings. The van der Waals surface area contributed by atoms with Gasteiger partial charge in [-0.3, -0.25) is 4.90 Å². The largest absolute Gasteiger partial charge is 0.331 e. The first-order chi connectivity index (χ1) is 11.1. The zero-order valence-corrected chi connectivity index (χ0v) is 13.9. The number of benzene rings is 2. The van der Waals surface area contributed by atoms with E-state index in [4.69, 9.17) is 0 Å². The van der Waals surface area contributed by atoms with E-state index in [9.17, 15) is 4.79 Å². The summed E-state index contributed by atoms with van der Waals surface area (Å²) in [6.45, 7) is 4.89. The molecule has 1 aliphatic rings. The quantitative estimate of drug-likeness (QED) is 0.863. The van der Waals surface area contributed by atoms with Gasteiger partial charge >= 0.3 is 6.03 Å². The van der Waals surface area contributed by atoms with Crippen LogP contribution in [0.3, 0.4) is 0 Å². The second-order valence-electron chi connectivity index (χ2n) is 6.32. The van der Waals surface area contributed by atoms with Crippen molar-refractivity contribution < 1.29 is 4.79 Å². The van der Waals surface area contributed by atoms with E-state index in [0.29, 0.717) is 0 Å². The summed E-state index contributed by atoms with van der Waals surface area (Å²) in [7, 11) is 0. The summed E-state index contributed by atoms with van der Waals surface area (Å²) in [4.78, 5) is 14.7. The molecule has 3 nitrogen and oxygen atoms in total. The maximum absolute atomic E-state index is 12.8. The maximum atomic E-state index is 12.8. The van der Waals surface area contributed by atoms with Crippen LogP contribution in [0.5, 0.6) is 0 Å². The van der Waals surface area contributed by atoms with Crippen molar-refractivity contribution in [3.05, 3.63) is 65.2 Å². The fourth-order valence-electron chi connectivity index (χ4n) is 3.10. The van der Waals surface area contributed by atoms with Crippen molar-refractivity contribution in [3.63, 3.8) is 0 Å². The van der Waals surface area contributed by atoms with E-state index in [2.05, 4.69) is 54.7 Å². The molecule has 3 rings (SSSR count). The van der Waals surface area contributed by atoms with Crippen LogP contribution in [-0.4, -0.2) is 12.6 Å². The highest BCUT2D eigenvalue weighted by atomic mass is 16.2. The summed E-state index contributed by atoms with van der Waals surface area (Å²) in [5, 5.41) is 3.14. The number of amides is 2. The second kappa shape index (κ2) is 6.86. The van der Waals surface area contributed by atoms with Gasteiger partial charge in [0.25, 0.3) is 0 Å². The summed E-state index contributed by atoms with van der Waals surface area (Å²) in [6.07, 6.45) is 3.22. The number of anilines is 1. The maximum Gasteiger partial charge on any atom is 0.322 e. The molecule has 0 aliphatic carbocycles. The van der Waals surface area contributed by atoms with E-state index in [0.717, 1.165) is 37.1 Å². The van der Waals surface area contributed by atoms with Crippen molar-refractivity contribution in [2.45, 2.75) is 39.2 Å². The van der Waals surface area contributed by atoms with Crippen LogP contribution in [0.4, 0.5) is 10.5 Å². The van der Waals surface area contributed by atoms with E-state index in [1.54, 1.807) is 0 Å². The van der Waals surface area contributed by atoms with Crippen LogP contribution in [0.1, 0.15) is 42.5 Å². The minimum Gasteiger partial charge on any atom is -0.331 e. The molecule has 1 atom stereocenters. The molecule has 0 radical (unpaired) electrons. The van der Waals surface area contributed by atoms with E-state index in [-0.39, 0.29) is 12.1 Å². The van der Waals surface area contributed by atoms with Crippen LogP contribution in [0.25, 0.3) is 0 Å². The van der Waals surface area contributed by atoms with Gasteiger partial charge in [-0.1, -0.05) is 48.0 Å². The molecule has 1 unspecified atom stereocenters. The van der Waals surface area contributed by atoms with Crippen LogP contribution in [-0.2, 0) is 6.42 Å². The molecule has 120 valence electrons. The fourth-order valence-corrected chi connectivity index (χ4v) is 3.10. The summed E-state index contributed by atoms with van der Waals surface area (Å²) < 4.78 is 0. The van der Waals surface area contributed by atoms with Gasteiger partial charge < -0.3 is 5.32 Å². The van der Waals surface area contributed by atoms with Gasteiger partial charge in [0.2, 0.25) is 0 Å². The monoisotopic (exact) mass is 308 g/mol. The van der Waals surface area contributed by atoms with E-state index >= 15 is 0 Å². The van der Waals surface area contributed by atoms with Gasteiger partial charge in [-0.2, -0.15) is 0 Å². The molecule has 23 heavy (non-hydrogen) atoms. The molecule has 2 aromatic rings. The van der Waals surface area contributed by atoms with Gasteiger partial charge in [-0.25, -0.2) is 4.79 Å². The highest BCUT2D eigenvalue weighted by molar-refractivity contribution is 5.93. The first kappa shape index (κ1) is 15.6. The molecule has 1 heterocycles. The first-order valence-electron chi connectivity index (χ1n) is 8.37. The predicted molar refractivity (Wildman–Crippen MR) is 94.9 cm³/mol. The zero-order valence-electron chi connectivity index (χ0n) is 13.9. The number of carbonyl (C=O) groups excluding carboxylic acids is 1. The minimum atomic E-state index is -0.00701. The van der Waals surface area contributed by atoms with Crippen molar-refractivity contribution in [2.24, 2.45) is 0 Å². The first-order valence-corrected chi connectivity index (χ1v) is 8.37. The van der Waals surface area contributed by atoms with Gasteiger partial charge in [0.1, 0.15) is 0 Å². The minimum absolute atomic E-state index is 0.00137. The molecule has 0 bridgehead atoms. The van der Waals surface area contributed by atoms with Crippen LogP contribution in [0, 0.1) is 6.92 Å². The molecule has 2 amide bonds. The van der Waals surface area contributed by atoms with Crippen molar-refractivity contribution in [3.8, 4) is 0 Å². The third kappa shape index (κ3) is 3.55. The number of carbonyl (C=O) groups is 1. The number of hydrogen-bond acceptors (Lipinski definition) is 1. The van der Waals surface area contributed by atoms with Gasteiger partial charge in [0, 0.05) is 12.2 Å². The number of nitrogens with zero attached hydrogens (tertiary/aromatic N) is 1. The lowest BCUT2D eigenvalue weighted by atomic mass is 10.1. The lowest BCUT2D eigenvalue weighted by molar-refractivity contribution is 0.243. The number of fused-ring (bicyclic) bond motifs is 1. The number of aryl methyl sites for hydroxylation is 2. The standard InChI is InChI=1S/C20H24N2O/c1-15-10-12-17(13-11-15)16(2)21-20(23)22-14-6-5-8-18-7-3-4-9-19(18)22/h3-4,7,9-13,16H,5-6,8,14H2,1-2H3,(H,21,23).